The van der Waals surface area contributed by atoms with Crippen LogP contribution in [0.2, 0.25) is 0 Å². The van der Waals surface area contributed by atoms with Crippen LogP contribution in [0, 0.1) is 11.7 Å². The van der Waals surface area contributed by atoms with E-state index in [1.165, 1.54) is 12.5 Å². The number of benzene rings is 1. The standard InChI is InChI=1S/C21H28FN3O2/c22-18-8-4-7-17-16(18)9-10-19(17)23-21(27)25-13-11-24(12-14-25)20(26)15-5-2-1-3-6-15/h4,7-8,15,19H,1-3,5-6,9-14H2,(H,23,27). The summed E-state index contributed by atoms with van der Waals surface area (Å²) in [4.78, 5) is 29.0. The van der Waals surface area contributed by atoms with Crippen LogP contribution >= 0.6 is 0 Å². The van der Waals surface area contributed by atoms with Crippen molar-refractivity contribution in [2.24, 2.45) is 5.92 Å². The number of halogens is 1. The van der Waals surface area contributed by atoms with E-state index in [0.29, 0.717) is 32.6 Å². The first kappa shape index (κ1) is 18.3. The molecule has 27 heavy (non-hydrogen) atoms. The van der Waals surface area contributed by atoms with Gasteiger partial charge in [0, 0.05) is 32.1 Å². The van der Waals surface area contributed by atoms with Gasteiger partial charge in [-0.2, -0.15) is 0 Å². The summed E-state index contributed by atoms with van der Waals surface area (Å²) in [5.41, 5.74) is 1.63. The summed E-state index contributed by atoms with van der Waals surface area (Å²) in [7, 11) is 0. The molecule has 1 heterocycles. The van der Waals surface area contributed by atoms with E-state index in [9.17, 15) is 14.0 Å². The highest BCUT2D eigenvalue weighted by Gasteiger charge is 2.31. The van der Waals surface area contributed by atoms with Crippen LogP contribution in [0.4, 0.5) is 9.18 Å². The Balaban J connectivity index is 1.29. The van der Waals surface area contributed by atoms with Crippen LogP contribution in [-0.4, -0.2) is 47.9 Å². The topological polar surface area (TPSA) is 52.7 Å². The first-order valence-corrected chi connectivity index (χ1v) is 10.2. The van der Waals surface area contributed by atoms with Gasteiger partial charge in [0.15, 0.2) is 0 Å². The maximum atomic E-state index is 13.9. The third kappa shape index (κ3) is 3.80. The lowest BCUT2D eigenvalue weighted by Crippen LogP contribution is -2.54. The Kier molecular flexibility index (Phi) is 5.32. The van der Waals surface area contributed by atoms with Crippen LogP contribution in [0.15, 0.2) is 18.2 Å². The zero-order chi connectivity index (χ0) is 18.8. The predicted octanol–water partition coefficient (Wildman–Crippen LogP) is 3.25. The molecule has 4 rings (SSSR count). The van der Waals surface area contributed by atoms with Gasteiger partial charge in [-0.15, -0.1) is 0 Å². The van der Waals surface area contributed by atoms with Gasteiger partial charge in [-0.25, -0.2) is 9.18 Å². The predicted molar refractivity (Wildman–Crippen MR) is 101 cm³/mol. The summed E-state index contributed by atoms with van der Waals surface area (Å²) in [5, 5.41) is 3.06. The third-order valence-corrected chi connectivity index (χ3v) is 6.34. The average Bonchev–Trinajstić information content (AvgIpc) is 3.12. The van der Waals surface area contributed by atoms with Crippen LogP contribution in [0.25, 0.3) is 0 Å². The SMILES string of the molecule is O=C(NC1CCc2c(F)cccc21)N1CCN(C(=O)C2CCCCC2)CC1. The second-order valence-electron chi connectivity index (χ2n) is 8.00. The molecule has 2 fully saturated rings. The Morgan fingerprint density at radius 2 is 1.67 bits per heavy atom. The molecule has 1 saturated heterocycles. The number of urea groups is 1. The van der Waals surface area contributed by atoms with Crippen molar-refractivity contribution >= 4 is 11.9 Å². The first-order chi connectivity index (χ1) is 13.1. The van der Waals surface area contributed by atoms with Crippen molar-refractivity contribution in [2.75, 3.05) is 26.2 Å². The molecule has 0 radical (unpaired) electrons. The number of nitrogens with zero attached hydrogens (tertiary/aromatic N) is 2. The van der Waals surface area contributed by atoms with Crippen molar-refractivity contribution in [1.29, 1.82) is 0 Å². The largest absolute Gasteiger partial charge is 0.339 e. The van der Waals surface area contributed by atoms with Gasteiger partial charge in [-0.3, -0.25) is 4.79 Å². The molecule has 1 aromatic rings. The second-order valence-corrected chi connectivity index (χ2v) is 8.00. The van der Waals surface area contributed by atoms with E-state index in [1.54, 1.807) is 11.0 Å². The van der Waals surface area contributed by atoms with Crippen LogP contribution in [0.3, 0.4) is 0 Å². The minimum absolute atomic E-state index is 0.109. The highest BCUT2D eigenvalue weighted by molar-refractivity contribution is 5.80. The maximum absolute atomic E-state index is 13.9. The minimum Gasteiger partial charge on any atom is -0.339 e. The van der Waals surface area contributed by atoms with Gasteiger partial charge in [0.2, 0.25) is 5.91 Å². The molecule has 1 atom stereocenters. The number of fused-ring (bicyclic) bond motifs is 1. The van der Waals surface area contributed by atoms with Gasteiger partial charge in [-0.1, -0.05) is 31.4 Å². The van der Waals surface area contributed by atoms with Gasteiger partial charge >= 0.3 is 6.03 Å². The molecule has 0 bridgehead atoms. The first-order valence-electron chi connectivity index (χ1n) is 10.2. The van der Waals surface area contributed by atoms with E-state index in [0.717, 1.165) is 43.2 Å². The zero-order valence-electron chi connectivity index (χ0n) is 15.8. The quantitative estimate of drug-likeness (QED) is 0.865. The fourth-order valence-electron chi connectivity index (χ4n) is 4.74. The van der Waals surface area contributed by atoms with Crippen LogP contribution in [0.5, 0.6) is 0 Å². The van der Waals surface area contributed by atoms with Crippen molar-refractivity contribution in [3.05, 3.63) is 35.1 Å². The van der Waals surface area contributed by atoms with E-state index in [4.69, 9.17) is 0 Å². The molecule has 3 aliphatic rings. The Bertz CT molecular complexity index is 709. The lowest BCUT2D eigenvalue weighted by molar-refractivity contribution is -0.138. The van der Waals surface area contributed by atoms with Crippen molar-refractivity contribution in [2.45, 2.75) is 51.0 Å². The fourth-order valence-corrected chi connectivity index (χ4v) is 4.74. The van der Waals surface area contributed by atoms with E-state index in [2.05, 4.69) is 5.32 Å². The summed E-state index contributed by atoms with van der Waals surface area (Å²) in [6.07, 6.45) is 6.98. The van der Waals surface area contributed by atoms with Gasteiger partial charge in [0.25, 0.3) is 0 Å². The molecule has 2 aliphatic carbocycles. The number of nitrogens with one attached hydrogen (secondary N) is 1. The van der Waals surface area contributed by atoms with Gasteiger partial charge in [-0.05, 0) is 42.9 Å². The van der Waals surface area contributed by atoms with Crippen molar-refractivity contribution in [1.82, 2.24) is 15.1 Å². The minimum atomic E-state index is -0.181. The molecule has 3 amide bonds. The summed E-state index contributed by atoms with van der Waals surface area (Å²) in [6, 6.07) is 4.85. The van der Waals surface area contributed by atoms with Crippen LogP contribution < -0.4 is 5.32 Å². The molecule has 1 N–H and O–H groups in total. The Labute approximate surface area is 159 Å². The number of hydrogen-bond donors (Lipinski definition) is 1. The molecule has 1 unspecified atom stereocenters. The van der Waals surface area contributed by atoms with Gasteiger partial charge in [0.1, 0.15) is 5.82 Å². The molecule has 0 spiro atoms. The molecular formula is C21H28FN3O2. The molecule has 1 saturated carbocycles. The Morgan fingerprint density at radius 3 is 2.41 bits per heavy atom. The molecule has 1 aliphatic heterocycles. The molecule has 6 heteroatoms. The number of rotatable bonds is 2. The summed E-state index contributed by atoms with van der Waals surface area (Å²) >= 11 is 0. The maximum Gasteiger partial charge on any atom is 0.318 e. The molecule has 146 valence electrons. The molecule has 5 nitrogen and oxygen atoms in total. The third-order valence-electron chi connectivity index (χ3n) is 6.34. The highest BCUT2D eigenvalue weighted by atomic mass is 19.1. The summed E-state index contributed by atoms with van der Waals surface area (Å²) in [6.45, 7) is 2.34. The second kappa shape index (κ2) is 7.87. The monoisotopic (exact) mass is 373 g/mol. The van der Waals surface area contributed by atoms with Crippen LogP contribution in [0.1, 0.15) is 55.7 Å². The van der Waals surface area contributed by atoms with Gasteiger partial charge < -0.3 is 15.1 Å². The number of hydrogen-bond acceptors (Lipinski definition) is 2. The number of piperazine rings is 1. The summed E-state index contributed by atoms with van der Waals surface area (Å²) in [5.74, 6) is 0.276. The fraction of sp³-hybridized carbons (Fsp3) is 0.619. The Hall–Kier alpha value is -2.11. The van der Waals surface area contributed by atoms with Crippen molar-refractivity contribution in [3.8, 4) is 0 Å². The number of carbonyl (C=O) groups excluding carboxylic acids is 2. The smallest absolute Gasteiger partial charge is 0.318 e. The normalized spacial score (nSPS) is 23.2. The molecular weight excluding hydrogens is 345 g/mol. The summed E-state index contributed by atoms with van der Waals surface area (Å²) < 4.78 is 13.9. The number of amides is 3. The number of carbonyl (C=O) groups is 2. The Morgan fingerprint density at radius 1 is 0.963 bits per heavy atom. The van der Waals surface area contributed by atoms with E-state index < -0.39 is 0 Å². The highest BCUT2D eigenvalue weighted by Crippen LogP contribution is 2.32. The van der Waals surface area contributed by atoms with Gasteiger partial charge in [0.05, 0.1) is 6.04 Å². The zero-order valence-corrected chi connectivity index (χ0v) is 15.8. The van der Waals surface area contributed by atoms with E-state index in [-0.39, 0.29) is 29.7 Å². The van der Waals surface area contributed by atoms with E-state index in [1.807, 2.05) is 11.0 Å². The van der Waals surface area contributed by atoms with E-state index >= 15 is 0 Å². The van der Waals surface area contributed by atoms with Crippen molar-refractivity contribution in [3.63, 3.8) is 0 Å². The lowest BCUT2D eigenvalue weighted by atomic mass is 9.88. The molecule has 0 aromatic heterocycles. The van der Waals surface area contributed by atoms with Crippen LogP contribution in [-0.2, 0) is 11.2 Å². The lowest BCUT2D eigenvalue weighted by Gasteiger charge is -2.37. The molecule has 1 aromatic carbocycles. The van der Waals surface area contributed by atoms with Crippen molar-refractivity contribution < 1.29 is 14.0 Å². The average molecular weight is 373 g/mol.